The monoisotopic (exact) mass is 412 g/mol. The van der Waals surface area contributed by atoms with Crippen LogP contribution >= 0.6 is 24.0 Å². The quantitative estimate of drug-likeness (QED) is 0.450. The van der Waals surface area contributed by atoms with Gasteiger partial charge in [0.05, 0.1) is 6.54 Å². The summed E-state index contributed by atoms with van der Waals surface area (Å²) in [5.74, 6) is 0.849. The van der Waals surface area contributed by atoms with E-state index in [1.54, 1.807) is 0 Å². The molecule has 2 N–H and O–H groups in total. The van der Waals surface area contributed by atoms with Crippen molar-refractivity contribution in [3.05, 3.63) is 59.4 Å². The van der Waals surface area contributed by atoms with Crippen molar-refractivity contribution >= 4 is 29.9 Å². The number of aliphatic imine (C=N–C) groups is 1. The van der Waals surface area contributed by atoms with E-state index in [9.17, 15) is 0 Å². The van der Waals surface area contributed by atoms with Crippen LogP contribution in [0.1, 0.15) is 23.6 Å². The Balaban J connectivity index is 0.00000242. The number of rotatable bonds is 5. The summed E-state index contributed by atoms with van der Waals surface area (Å²) < 4.78 is 2.04. The molecule has 0 amide bonds. The maximum atomic E-state index is 4.61. The summed E-state index contributed by atoms with van der Waals surface area (Å²) in [7, 11) is 2.02. The summed E-state index contributed by atoms with van der Waals surface area (Å²) in [6.45, 7) is 6.49. The van der Waals surface area contributed by atoms with Crippen LogP contribution in [0.4, 0.5) is 0 Å². The van der Waals surface area contributed by atoms with Crippen molar-refractivity contribution in [3.63, 3.8) is 0 Å². The molecule has 2 aromatic rings. The van der Waals surface area contributed by atoms with Gasteiger partial charge in [-0.3, -0.25) is 0 Å². The lowest BCUT2D eigenvalue weighted by atomic mass is 10.1. The molecule has 0 bridgehead atoms. The Bertz CT molecular complexity index is 587. The average molecular weight is 412 g/mol. The lowest BCUT2D eigenvalue weighted by Gasteiger charge is -2.11. The fraction of sp³-hybridized carbons (Fsp3) is 0.353. The Kier molecular flexibility index (Phi) is 8.01. The zero-order valence-corrected chi connectivity index (χ0v) is 15.8. The maximum Gasteiger partial charge on any atom is 0.191 e. The van der Waals surface area contributed by atoms with Crippen molar-refractivity contribution in [2.24, 2.45) is 12.0 Å². The third-order valence-corrected chi connectivity index (χ3v) is 3.24. The van der Waals surface area contributed by atoms with E-state index in [1.807, 2.05) is 17.8 Å². The number of guanidine groups is 1. The Labute approximate surface area is 150 Å². The van der Waals surface area contributed by atoms with Gasteiger partial charge in [0.1, 0.15) is 0 Å². The van der Waals surface area contributed by atoms with Crippen LogP contribution in [0.2, 0.25) is 0 Å². The predicted octanol–water partition coefficient (Wildman–Crippen LogP) is 3.21. The fourth-order valence-electron chi connectivity index (χ4n) is 2.06. The number of benzene rings is 1. The number of aryl methyl sites for hydroxylation is 2. The van der Waals surface area contributed by atoms with E-state index in [0.29, 0.717) is 6.54 Å². The number of nitrogens with zero attached hydrogens (tertiary/aromatic N) is 2. The Hall–Kier alpha value is -1.50. The molecule has 1 aromatic heterocycles. The highest BCUT2D eigenvalue weighted by Gasteiger charge is 1.99. The van der Waals surface area contributed by atoms with Gasteiger partial charge >= 0.3 is 0 Å². The molecule has 1 heterocycles. The maximum absolute atomic E-state index is 4.61. The van der Waals surface area contributed by atoms with Crippen LogP contribution in [0.15, 0.2) is 47.7 Å². The normalized spacial score (nSPS) is 11.0. The van der Waals surface area contributed by atoms with Gasteiger partial charge in [-0.15, -0.1) is 24.0 Å². The third-order valence-electron chi connectivity index (χ3n) is 3.24. The van der Waals surface area contributed by atoms with E-state index in [0.717, 1.165) is 19.0 Å². The number of hydrogen-bond acceptors (Lipinski definition) is 1. The Morgan fingerprint density at radius 1 is 1.09 bits per heavy atom. The molecule has 5 heteroatoms. The first-order chi connectivity index (χ1) is 10.2. The van der Waals surface area contributed by atoms with Crippen LogP contribution in [0.5, 0.6) is 0 Å². The van der Waals surface area contributed by atoms with Crippen LogP contribution in [-0.2, 0) is 20.1 Å². The van der Waals surface area contributed by atoms with Crippen molar-refractivity contribution in [1.82, 2.24) is 15.2 Å². The smallest absolute Gasteiger partial charge is 0.191 e. The van der Waals surface area contributed by atoms with E-state index in [4.69, 9.17) is 0 Å². The highest BCUT2D eigenvalue weighted by molar-refractivity contribution is 14.0. The molecule has 0 atom stereocenters. The van der Waals surface area contributed by atoms with E-state index in [1.165, 1.54) is 16.7 Å². The number of hydrogen-bond donors (Lipinski definition) is 2. The second-order valence-electron chi connectivity index (χ2n) is 5.22. The zero-order valence-electron chi connectivity index (χ0n) is 13.5. The lowest BCUT2D eigenvalue weighted by Crippen LogP contribution is -2.36. The molecule has 2 rings (SSSR count). The van der Waals surface area contributed by atoms with Gasteiger partial charge < -0.3 is 15.2 Å². The third kappa shape index (κ3) is 6.09. The molecule has 0 saturated carbocycles. The van der Waals surface area contributed by atoms with Gasteiger partial charge in [0.2, 0.25) is 0 Å². The van der Waals surface area contributed by atoms with E-state index in [-0.39, 0.29) is 24.0 Å². The molecule has 0 unspecified atom stereocenters. The van der Waals surface area contributed by atoms with Gasteiger partial charge in [-0.25, -0.2) is 4.99 Å². The van der Waals surface area contributed by atoms with Crippen LogP contribution in [0, 0.1) is 6.92 Å². The van der Waals surface area contributed by atoms with Gasteiger partial charge in [-0.2, -0.15) is 0 Å². The summed E-state index contributed by atoms with van der Waals surface area (Å²) in [6.07, 6.45) is 4.13. The second kappa shape index (κ2) is 9.50. The summed E-state index contributed by atoms with van der Waals surface area (Å²) in [5, 5.41) is 6.64. The summed E-state index contributed by atoms with van der Waals surface area (Å²) in [6, 6.07) is 10.6. The molecular weight excluding hydrogens is 387 g/mol. The van der Waals surface area contributed by atoms with Gasteiger partial charge in [0.15, 0.2) is 5.96 Å². The van der Waals surface area contributed by atoms with Gasteiger partial charge in [0.25, 0.3) is 0 Å². The number of nitrogens with one attached hydrogen (secondary N) is 2. The minimum absolute atomic E-state index is 0. The lowest BCUT2D eigenvalue weighted by molar-refractivity contribution is 0.815. The van der Waals surface area contributed by atoms with Crippen molar-refractivity contribution in [3.8, 4) is 0 Å². The molecule has 22 heavy (non-hydrogen) atoms. The second-order valence-corrected chi connectivity index (χ2v) is 5.22. The molecule has 4 nitrogen and oxygen atoms in total. The molecule has 0 aliphatic rings. The number of aromatic nitrogens is 1. The minimum Gasteiger partial charge on any atom is -0.357 e. The first-order valence-electron chi connectivity index (χ1n) is 7.36. The van der Waals surface area contributed by atoms with Gasteiger partial charge in [-0.05, 0) is 31.0 Å². The van der Waals surface area contributed by atoms with Crippen LogP contribution < -0.4 is 10.6 Å². The first-order valence-corrected chi connectivity index (χ1v) is 7.36. The van der Waals surface area contributed by atoms with E-state index >= 15 is 0 Å². The molecule has 0 aliphatic carbocycles. The highest BCUT2D eigenvalue weighted by atomic mass is 127. The number of halogens is 1. The molecule has 0 fully saturated rings. The van der Waals surface area contributed by atoms with Crippen molar-refractivity contribution in [2.45, 2.75) is 26.9 Å². The highest BCUT2D eigenvalue weighted by Crippen LogP contribution is 2.03. The minimum atomic E-state index is 0. The first kappa shape index (κ1) is 18.5. The van der Waals surface area contributed by atoms with Crippen LogP contribution in [0.25, 0.3) is 0 Å². The van der Waals surface area contributed by atoms with Gasteiger partial charge in [0, 0.05) is 32.5 Å². The largest absolute Gasteiger partial charge is 0.357 e. The molecule has 1 aromatic carbocycles. The molecule has 0 saturated heterocycles. The van der Waals surface area contributed by atoms with Crippen LogP contribution in [-0.4, -0.2) is 17.1 Å². The predicted molar refractivity (Wildman–Crippen MR) is 104 cm³/mol. The molecular formula is C17H25IN4. The van der Waals surface area contributed by atoms with Crippen molar-refractivity contribution in [1.29, 1.82) is 0 Å². The van der Waals surface area contributed by atoms with Crippen molar-refractivity contribution in [2.75, 3.05) is 6.54 Å². The van der Waals surface area contributed by atoms with Crippen molar-refractivity contribution < 1.29 is 0 Å². The zero-order chi connectivity index (χ0) is 15.1. The van der Waals surface area contributed by atoms with Gasteiger partial charge in [-0.1, -0.05) is 29.8 Å². The summed E-state index contributed by atoms with van der Waals surface area (Å²) in [4.78, 5) is 4.61. The Morgan fingerprint density at radius 3 is 2.41 bits per heavy atom. The standard InChI is InChI=1S/C17H24N4.HI/c1-4-18-17(20-12-16-9-10-21(3)13-16)19-11-15-7-5-14(2)6-8-15;/h5-10,13H,4,11-12H2,1-3H3,(H2,18,19,20);1H. The van der Waals surface area contributed by atoms with E-state index < -0.39 is 0 Å². The molecule has 120 valence electrons. The average Bonchev–Trinajstić information content (AvgIpc) is 2.89. The summed E-state index contributed by atoms with van der Waals surface area (Å²) in [5.41, 5.74) is 3.75. The van der Waals surface area contributed by atoms with Crippen LogP contribution in [0.3, 0.4) is 0 Å². The molecule has 0 aliphatic heterocycles. The van der Waals surface area contributed by atoms with E-state index in [2.05, 4.69) is 66.0 Å². The Morgan fingerprint density at radius 2 is 1.82 bits per heavy atom. The topological polar surface area (TPSA) is 41.4 Å². The SMILES string of the molecule is CCNC(=NCc1ccn(C)c1)NCc1ccc(C)cc1.I. The molecule has 0 spiro atoms. The fourth-order valence-corrected chi connectivity index (χ4v) is 2.06. The molecule has 0 radical (unpaired) electrons. The summed E-state index contributed by atoms with van der Waals surface area (Å²) >= 11 is 0.